The molecule has 0 bridgehead atoms. The van der Waals surface area contributed by atoms with Gasteiger partial charge >= 0.3 is 0 Å². The number of nitrogens with zero attached hydrogens (tertiary/aromatic N) is 2. The first-order valence-corrected chi connectivity index (χ1v) is 4.91. The Labute approximate surface area is 86.2 Å². The molecule has 1 aliphatic heterocycles. The van der Waals surface area contributed by atoms with Crippen molar-refractivity contribution in [2.75, 3.05) is 33.2 Å². The molecule has 1 saturated heterocycles. The van der Waals surface area contributed by atoms with Crippen LogP contribution >= 0.6 is 0 Å². The van der Waals surface area contributed by atoms with Crippen molar-refractivity contribution in [3.05, 3.63) is 36.7 Å². The van der Waals surface area contributed by atoms with Crippen LogP contribution in [0.15, 0.2) is 36.7 Å². The van der Waals surface area contributed by atoms with Crippen molar-refractivity contribution >= 4 is 0 Å². The summed E-state index contributed by atoms with van der Waals surface area (Å²) in [6, 6.07) is 0. The molecule has 0 saturated carbocycles. The maximum atomic E-state index is 5.58. The molecule has 14 heavy (non-hydrogen) atoms. The molecule has 1 fully saturated rings. The Kier molecular flexibility index (Phi) is 4.26. The molecule has 0 aliphatic carbocycles. The molecule has 1 heterocycles. The van der Waals surface area contributed by atoms with Crippen LogP contribution in [0.4, 0.5) is 0 Å². The first-order valence-electron chi connectivity index (χ1n) is 4.91. The number of piperazine rings is 1. The average molecular weight is 193 g/mol. The molecule has 3 nitrogen and oxygen atoms in total. The van der Waals surface area contributed by atoms with Crippen LogP contribution in [0.2, 0.25) is 0 Å². The van der Waals surface area contributed by atoms with Crippen molar-refractivity contribution in [1.29, 1.82) is 0 Å². The summed E-state index contributed by atoms with van der Waals surface area (Å²) in [4.78, 5) is 4.63. The maximum Gasteiger partial charge on any atom is 0.0308 e. The van der Waals surface area contributed by atoms with Gasteiger partial charge in [0.1, 0.15) is 0 Å². The molecule has 0 unspecified atom stereocenters. The highest BCUT2D eigenvalue weighted by Crippen LogP contribution is 1.99. The molecule has 0 spiro atoms. The van der Waals surface area contributed by atoms with E-state index in [1.165, 1.54) is 0 Å². The van der Waals surface area contributed by atoms with E-state index in [2.05, 4.69) is 29.6 Å². The average Bonchev–Trinajstić information content (AvgIpc) is 2.21. The van der Waals surface area contributed by atoms with Gasteiger partial charge in [0.05, 0.1) is 0 Å². The number of allylic oxidation sites excluding steroid dienone is 3. The SMILES string of the molecule is C=C/C(N)=C\C=C\N1CCN(C)CC1. The second-order valence-corrected chi connectivity index (χ2v) is 3.55. The normalized spacial score (nSPS) is 20.4. The molecule has 0 radical (unpaired) electrons. The minimum Gasteiger partial charge on any atom is -0.399 e. The summed E-state index contributed by atoms with van der Waals surface area (Å²) < 4.78 is 0. The Morgan fingerprint density at radius 1 is 1.29 bits per heavy atom. The fraction of sp³-hybridized carbons (Fsp3) is 0.455. The molecule has 0 aromatic rings. The molecule has 78 valence electrons. The zero-order chi connectivity index (χ0) is 10.4. The van der Waals surface area contributed by atoms with Crippen LogP contribution in [0.25, 0.3) is 0 Å². The highest BCUT2D eigenvalue weighted by Gasteiger charge is 2.08. The van der Waals surface area contributed by atoms with Gasteiger partial charge in [-0.3, -0.25) is 0 Å². The predicted octanol–water partition coefficient (Wildman–Crippen LogP) is 0.776. The summed E-state index contributed by atoms with van der Waals surface area (Å²) >= 11 is 0. The van der Waals surface area contributed by atoms with Gasteiger partial charge < -0.3 is 15.5 Å². The second-order valence-electron chi connectivity index (χ2n) is 3.55. The summed E-state index contributed by atoms with van der Waals surface area (Å²) in [7, 11) is 2.15. The molecule has 0 aromatic carbocycles. The molecule has 0 amide bonds. The van der Waals surface area contributed by atoms with E-state index in [0.717, 1.165) is 26.2 Å². The van der Waals surface area contributed by atoms with Gasteiger partial charge in [0, 0.05) is 31.9 Å². The van der Waals surface area contributed by atoms with Crippen LogP contribution in [-0.4, -0.2) is 43.0 Å². The predicted molar refractivity (Wildman–Crippen MR) is 60.7 cm³/mol. The zero-order valence-corrected chi connectivity index (χ0v) is 8.82. The van der Waals surface area contributed by atoms with E-state index in [1.54, 1.807) is 6.08 Å². The highest BCUT2D eigenvalue weighted by atomic mass is 15.2. The largest absolute Gasteiger partial charge is 0.399 e. The number of hydrogen-bond donors (Lipinski definition) is 1. The van der Waals surface area contributed by atoms with Gasteiger partial charge in [0.25, 0.3) is 0 Å². The molecule has 1 aliphatic rings. The van der Waals surface area contributed by atoms with E-state index in [4.69, 9.17) is 5.73 Å². The van der Waals surface area contributed by atoms with E-state index in [-0.39, 0.29) is 0 Å². The fourth-order valence-corrected chi connectivity index (χ4v) is 1.31. The number of nitrogens with two attached hydrogens (primary N) is 1. The Balaban J connectivity index is 2.34. The van der Waals surface area contributed by atoms with Gasteiger partial charge in [0.15, 0.2) is 0 Å². The Hall–Kier alpha value is -1.22. The van der Waals surface area contributed by atoms with Crippen LogP contribution in [0.1, 0.15) is 0 Å². The van der Waals surface area contributed by atoms with Crippen LogP contribution in [-0.2, 0) is 0 Å². The summed E-state index contributed by atoms with van der Waals surface area (Å²) in [5.41, 5.74) is 6.28. The summed E-state index contributed by atoms with van der Waals surface area (Å²) in [6.45, 7) is 8.03. The first kappa shape index (κ1) is 10.9. The third-order valence-corrected chi connectivity index (χ3v) is 2.36. The van der Waals surface area contributed by atoms with Gasteiger partial charge in [-0.05, 0) is 31.5 Å². The molecular weight excluding hydrogens is 174 g/mol. The van der Waals surface area contributed by atoms with Crippen LogP contribution in [0.3, 0.4) is 0 Å². The lowest BCUT2D eigenvalue weighted by Gasteiger charge is -2.31. The van der Waals surface area contributed by atoms with E-state index in [9.17, 15) is 0 Å². The molecule has 0 atom stereocenters. The quantitative estimate of drug-likeness (QED) is 0.672. The third kappa shape index (κ3) is 3.66. The standard InChI is InChI=1S/C11H19N3/c1-3-11(12)5-4-6-14-9-7-13(2)8-10-14/h3-6H,1,7-10,12H2,2H3/b6-4+,11-5+. The highest BCUT2D eigenvalue weighted by molar-refractivity contribution is 5.18. The number of likely N-dealkylation sites (N-methyl/N-ethyl adjacent to an activating group) is 1. The zero-order valence-electron chi connectivity index (χ0n) is 8.82. The fourth-order valence-electron chi connectivity index (χ4n) is 1.31. The van der Waals surface area contributed by atoms with Crippen molar-refractivity contribution in [2.45, 2.75) is 0 Å². The van der Waals surface area contributed by atoms with Gasteiger partial charge in [-0.2, -0.15) is 0 Å². The van der Waals surface area contributed by atoms with Crippen molar-refractivity contribution in [1.82, 2.24) is 9.80 Å². The van der Waals surface area contributed by atoms with E-state index < -0.39 is 0 Å². The number of rotatable bonds is 3. The molecule has 2 N–H and O–H groups in total. The summed E-state index contributed by atoms with van der Waals surface area (Å²) in [5.74, 6) is 0. The van der Waals surface area contributed by atoms with E-state index in [0.29, 0.717) is 5.70 Å². The Bertz CT molecular complexity index is 235. The first-order chi connectivity index (χ1) is 6.72. The van der Waals surface area contributed by atoms with Crippen molar-refractivity contribution < 1.29 is 0 Å². The Morgan fingerprint density at radius 2 is 1.93 bits per heavy atom. The van der Waals surface area contributed by atoms with Crippen LogP contribution in [0.5, 0.6) is 0 Å². The smallest absolute Gasteiger partial charge is 0.0308 e. The van der Waals surface area contributed by atoms with Crippen LogP contribution < -0.4 is 5.73 Å². The second kappa shape index (κ2) is 5.50. The topological polar surface area (TPSA) is 32.5 Å². The van der Waals surface area contributed by atoms with Crippen molar-refractivity contribution in [3.8, 4) is 0 Å². The molecule has 3 heteroatoms. The van der Waals surface area contributed by atoms with Crippen molar-refractivity contribution in [3.63, 3.8) is 0 Å². The summed E-state index contributed by atoms with van der Waals surface area (Å²) in [6.07, 6.45) is 7.57. The lowest BCUT2D eigenvalue weighted by Crippen LogP contribution is -2.41. The van der Waals surface area contributed by atoms with Gasteiger partial charge in [-0.1, -0.05) is 6.58 Å². The lowest BCUT2D eigenvalue weighted by molar-refractivity contribution is 0.198. The van der Waals surface area contributed by atoms with Gasteiger partial charge in [-0.15, -0.1) is 0 Å². The summed E-state index contributed by atoms with van der Waals surface area (Å²) in [5, 5.41) is 0. The van der Waals surface area contributed by atoms with E-state index >= 15 is 0 Å². The van der Waals surface area contributed by atoms with Crippen LogP contribution in [0, 0.1) is 0 Å². The molecular formula is C11H19N3. The third-order valence-electron chi connectivity index (χ3n) is 2.36. The van der Waals surface area contributed by atoms with Gasteiger partial charge in [-0.25, -0.2) is 0 Å². The number of hydrogen-bond acceptors (Lipinski definition) is 3. The monoisotopic (exact) mass is 193 g/mol. The minimum atomic E-state index is 0.704. The molecule has 0 aromatic heterocycles. The Morgan fingerprint density at radius 3 is 2.50 bits per heavy atom. The van der Waals surface area contributed by atoms with E-state index in [1.807, 2.05) is 12.2 Å². The molecule has 1 rings (SSSR count). The maximum absolute atomic E-state index is 5.58. The van der Waals surface area contributed by atoms with Gasteiger partial charge in [0.2, 0.25) is 0 Å². The lowest BCUT2D eigenvalue weighted by atomic mass is 10.3. The van der Waals surface area contributed by atoms with Crippen molar-refractivity contribution in [2.24, 2.45) is 5.73 Å². The minimum absolute atomic E-state index is 0.704.